The molecule has 0 aliphatic heterocycles. The molecule has 1 rings (SSSR count). The van der Waals surface area contributed by atoms with E-state index in [1.807, 2.05) is 4.68 Å². The Morgan fingerprint density at radius 1 is 1.53 bits per heavy atom. The van der Waals surface area contributed by atoms with Crippen LogP contribution in [-0.2, 0) is 16.7 Å². The Balaban J connectivity index is 2.89. The first-order valence-electron chi connectivity index (χ1n) is 6.86. The van der Waals surface area contributed by atoms with Crippen LogP contribution in [0.5, 0.6) is 0 Å². The van der Waals surface area contributed by atoms with E-state index in [1.54, 1.807) is 13.3 Å². The van der Waals surface area contributed by atoms with Gasteiger partial charge in [0.1, 0.15) is 0 Å². The Bertz CT molecular complexity index is 390. The van der Waals surface area contributed by atoms with Crippen LogP contribution in [0.15, 0.2) is 6.20 Å². The van der Waals surface area contributed by atoms with Gasteiger partial charge in [-0.25, -0.2) is 0 Å². The van der Waals surface area contributed by atoms with Gasteiger partial charge in [-0.1, -0.05) is 32.4 Å². The van der Waals surface area contributed by atoms with E-state index in [-0.39, 0.29) is 5.41 Å². The minimum atomic E-state index is -0.0249. The predicted molar refractivity (Wildman–Crippen MR) is 79.9 cm³/mol. The first-order valence-corrected chi connectivity index (χ1v) is 7.24. The molecule has 0 radical (unpaired) electrons. The summed E-state index contributed by atoms with van der Waals surface area (Å²) in [5.41, 5.74) is 1.07. The number of nitrogens with zero attached hydrogens (tertiary/aromatic N) is 2. The summed E-state index contributed by atoms with van der Waals surface area (Å²) in [7, 11) is 1.70. The van der Waals surface area contributed by atoms with Gasteiger partial charge in [-0.15, -0.1) is 0 Å². The molecule has 0 fully saturated rings. The zero-order valence-electron chi connectivity index (χ0n) is 12.7. The predicted octanol–water partition coefficient (Wildman–Crippen LogP) is 2.85. The minimum Gasteiger partial charge on any atom is -0.383 e. The Morgan fingerprint density at radius 2 is 2.21 bits per heavy atom. The van der Waals surface area contributed by atoms with Crippen LogP contribution in [0.4, 0.5) is 0 Å². The molecule has 110 valence electrons. The van der Waals surface area contributed by atoms with Gasteiger partial charge in [0.2, 0.25) is 0 Å². The maximum absolute atomic E-state index is 6.32. The van der Waals surface area contributed by atoms with E-state index in [4.69, 9.17) is 16.3 Å². The molecule has 1 N–H and O–H groups in total. The molecule has 5 heteroatoms. The van der Waals surface area contributed by atoms with Gasteiger partial charge < -0.3 is 10.1 Å². The van der Waals surface area contributed by atoms with Crippen molar-refractivity contribution in [1.82, 2.24) is 15.1 Å². The third-order valence-corrected chi connectivity index (χ3v) is 3.59. The lowest BCUT2D eigenvalue weighted by molar-refractivity contribution is 0.180. The lowest BCUT2D eigenvalue weighted by atomic mass is 9.82. The van der Waals surface area contributed by atoms with E-state index in [2.05, 4.69) is 38.1 Å². The van der Waals surface area contributed by atoms with Crippen LogP contribution in [0.25, 0.3) is 0 Å². The van der Waals surface area contributed by atoms with E-state index in [9.17, 15) is 0 Å². The SMILES string of the molecule is CCNC(C)CC(C)(C)c1c(Cl)cnn1CCOC. The van der Waals surface area contributed by atoms with Crippen LogP contribution >= 0.6 is 11.6 Å². The standard InChI is InChI=1S/C14H26ClN3O/c1-6-16-11(2)9-14(3,4)13-12(15)10-17-18(13)7-8-19-5/h10-11,16H,6-9H2,1-5H3. The first kappa shape index (κ1) is 16.5. The van der Waals surface area contributed by atoms with Gasteiger partial charge in [0, 0.05) is 18.6 Å². The van der Waals surface area contributed by atoms with Gasteiger partial charge in [0.05, 0.1) is 30.1 Å². The van der Waals surface area contributed by atoms with E-state index in [1.165, 1.54) is 0 Å². The van der Waals surface area contributed by atoms with Gasteiger partial charge in [-0.2, -0.15) is 5.10 Å². The average Bonchev–Trinajstić information content (AvgIpc) is 2.68. The van der Waals surface area contributed by atoms with Gasteiger partial charge in [0.25, 0.3) is 0 Å². The molecule has 1 heterocycles. The second-order valence-corrected chi connectivity index (χ2v) is 6.01. The third-order valence-electron chi connectivity index (χ3n) is 3.31. The maximum Gasteiger partial charge on any atom is 0.0823 e. The number of ether oxygens (including phenoxy) is 1. The first-order chi connectivity index (χ1) is 8.92. The van der Waals surface area contributed by atoms with Gasteiger partial charge in [-0.05, 0) is 19.9 Å². The zero-order valence-corrected chi connectivity index (χ0v) is 13.4. The summed E-state index contributed by atoms with van der Waals surface area (Å²) in [5, 5.41) is 8.55. The average molecular weight is 288 g/mol. The summed E-state index contributed by atoms with van der Waals surface area (Å²) < 4.78 is 7.09. The molecular weight excluding hydrogens is 262 g/mol. The summed E-state index contributed by atoms with van der Waals surface area (Å²) >= 11 is 6.32. The van der Waals surface area contributed by atoms with Crippen molar-refractivity contribution in [3.8, 4) is 0 Å². The highest BCUT2D eigenvalue weighted by molar-refractivity contribution is 6.31. The van der Waals surface area contributed by atoms with Gasteiger partial charge in [-0.3, -0.25) is 4.68 Å². The van der Waals surface area contributed by atoms with Gasteiger partial charge in [0.15, 0.2) is 0 Å². The number of methoxy groups -OCH3 is 1. The van der Waals surface area contributed by atoms with Crippen LogP contribution in [0.2, 0.25) is 5.02 Å². The molecule has 0 bridgehead atoms. The number of aromatic nitrogens is 2. The van der Waals surface area contributed by atoms with Crippen LogP contribution in [0, 0.1) is 0 Å². The van der Waals surface area contributed by atoms with Crippen molar-refractivity contribution in [3.05, 3.63) is 16.9 Å². The van der Waals surface area contributed by atoms with Crippen molar-refractivity contribution >= 4 is 11.6 Å². The Labute approximate surface area is 121 Å². The van der Waals surface area contributed by atoms with Crippen molar-refractivity contribution in [2.45, 2.75) is 52.1 Å². The molecule has 19 heavy (non-hydrogen) atoms. The van der Waals surface area contributed by atoms with Crippen molar-refractivity contribution in [3.63, 3.8) is 0 Å². The summed E-state index contributed by atoms with van der Waals surface area (Å²) in [4.78, 5) is 0. The van der Waals surface area contributed by atoms with E-state index in [0.29, 0.717) is 12.6 Å². The van der Waals surface area contributed by atoms with Crippen LogP contribution in [-0.4, -0.2) is 36.1 Å². The Kier molecular flexibility index (Phi) is 6.30. The second kappa shape index (κ2) is 7.27. The summed E-state index contributed by atoms with van der Waals surface area (Å²) in [6, 6.07) is 0.446. The molecule has 0 saturated heterocycles. The minimum absolute atomic E-state index is 0.0249. The second-order valence-electron chi connectivity index (χ2n) is 5.60. The van der Waals surface area contributed by atoms with E-state index >= 15 is 0 Å². The quantitative estimate of drug-likeness (QED) is 0.799. The number of hydrogen-bond acceptors (Lipinski definition) is 3. The molecule has 0 aliphatic rings. The normalized spacial score (nSPS) is 13.8. The highest BCUT2D eigenvalue weighted by Gasteiger charge is 2.29. The third kappa shape index (κ3) is 4.48. The van der Waals surface area contributed by atoms with Crippen LogP contribution in [0.3, 0.4) is 0 Å². The number of halogens is 1. The molecule has 0 aliphatic carbocycles. The number of nitrogens with one attached hydrogen (secondary N) is 1. The van der Waals surface area contributed by atoms with E-state index in [0.717, 1.165) is 30.2 Å². The van der Waals surface area contributed by atoms with Gasteiger partial charge >= 0.3 is 0 Å². The highest BCUT2D eigenvalue weighted by atomic mass is 35.5. The van der Waals surface area contributed by atoms with Crippen molar-refractivity contribution < 1.29 is 4.74 Å². The molecule has 1 unspecified atom stereocenters. The lowest BCUT2D eigenvalue weighted by Gasteiger charge is -2.29. The smallest absolute Gasteiger partial charge is 0.0823 e. The largest absolute Gasteiger partial charge is 0.383 e. The Morgan fingerprint density at radius 3 is 2.79 bits per heavy atom. The molecule has 1 aromatic rings. The lowest BCUT2D eigenvalue weighted by Crippen LogP contribution is -2.34. The van der Waals surface area contributed by atoms with Crippen LogP contribution < -0.4 is 5.32 Å². The van der Waals surface area contributed by atoms with Crippen molar-refractivity contribution in [2.24, 2.45) is 0 Å². The fourth-order valence-corrected chi connectivity index (χ4v) is 3.06. The Hall–Kier alpha value is -0.580. The molecule has 4 nitrogen and oxygen atoms in total. The highest BCUT2D eigenvalue weighted by Crippen LogP contribution is 2.33. The van der Waals surface area contributed by atoms with Crippen LogP contribution in [0.1, 0.15) is 39.8 Å². The van der Waals surface area contributed by atoms with Crippen molar-refractivity contribution in [2.75, 3.05) is 20.3 Å². The summed E-state index contributed by atoms with van der Waals surface area (Å²) in [5.74, 6) is 0. The fourth-order valence-electron chi connectivity index (χ4n) is 2.67. The van der Waals surface area contributed by atoms with E-state index < -0.39 is 0 Å². The molecule has 1 atom stereocenters. The monoisotopic (exact) mass is 287 g/mol. The molecule has 1 aromatic heterocycles. The molecular formula is C14H26ClN3O. The summed E-state index contributed by atoms with van der Waals surface area (Å²) in [6.07, 6.45) is 2.74. The molecule has 0 amide bonds. The zero-order chi connectivity index (χ0) is 14.5. The molecule has 0 spiro atoms. The fraction of sp³-hybridized carbons (Fsp3) is 0.786. The van der Waals surface area contributed by atoms with Crippen molar-refractivity contribution in [1.29, 1.82) is 0 Å². The summed E-state index contributed by atoms with van der Waals surface area (Å²) in [6.45, 7) is 11.1. The maximum atomic E-state index is 6.32. The molecule has 0 saturated carbocycles. The number of rotatable bonds is 8. The topological polar surface area (TPSA) is 39.1 Å². The number of hydrogen-bond donors (Lipinski definition) is 1. The molecule has 0 aromatic carbocycles.